The largest absolute Gasteiger partial charge is 0.495 e. The highest BCUT2D eigenvalue weighted by atomic mass is 35.5. The summed E-state index contributed by atoms with van der Waals surface area (Å²) in [6, 6.07) is 21.7. The van der Waals surface area contributed by atoms with E-state index in [1.807, 2.05) is 49.4 Å². The minimum atomic E-state index is -0.262. The van der Waals surface area contributed by atoms with E-state index in [0.29, 0.717) is 32.5 Å². The number of para-hydroxylation sites is 2. The van der Waals surface area contributed by atoms with E-state index in [-0.39, 0.29) is 23.3 Å². The maximum absolute atomic E-state index is 13.4. The first kappa shape index (κ1) is 22.9. The molecule has 3 aromatic carbocycles. The van der Waals surface area contributed by atoms with Gasteiger partial charge in [-0.25, -0.2) is 4.98 Å². The van der Waals surface area contributed by atoms with E-state index in [2.05, 4.69) is 10.3 Å². The summed E-state index contributed by atoms with van der Waals surface area (Å²) in [6.07, 6.45) is 0. The number of hydrogen-bond donors (Lipinski definition) is 1. The molecular weight excluding hydrogens is 458 g/mol. The minimum absolute atomic E-state index is 0.0881. The summed E-state index contributed by atoms with van der Waals surface area (Å²) in [5.41, 5.74) is 1.77. The molecule has 0 aliphatic rings. The molecule has 33 heavy (non-hydrogen) atoms. The number of hydrogen-bond acceptors (Lipinski definition) is 5. The summed E-state index contributed by atoms with van der Waals surface area (Å²) in [5.74, 6) is 0.451. The van der Waals surface area contributed by atoms with Crippen LogP contribution in [-0.2, 0) is 4.79 Å². The molecule has 0 fully saturated rings. The lowest BCUT2D eigenvalue weighted by atomic mass is 10.1. The molecule has 0 saturated heterocycles. The highest BCUT2D eigenvalue weighted by Gasteiger charge is 2.18. The van der Waals surface area contributed by atoms with Crippen molar-refractivity contribution in [2.45, 2.75) is 18.1 Å². The Morgan fingerprint density at radius 2 is 1.85 bits per heavy atom. The van der Waals surface area contributed by atoms with Crippen LogP contribution in [0.1, 0.15) is 18.5 Å². The van der Waals surface area contributed by atoms with Gasteiger partial charge in [0.05, 0.1) is 35.5 Å². The van der Waals surface area contributed by atoms with Gasteiger partial charge < -0.3 is 10.1 Å². The Morgan fingerprint density at radius 3 is 2.61 bits per heavy atom. The van der Waals surface area contributed by atoms with Gasteiger partial charge in [0.1, 0.15) is 5.75 Å². The molecule has 1 heterocycles. The standard InChI is InChI=1S/C25H22ClN3O3S/c1-16(17-8-4-3-5-9-17)27-23(30)15-33-25-28-20-14-18(26)12-13-19(20)24(31)29(25)21-10-6-7-11-22(21)32-2/h3-14,16H,15H2,1-2H3,(H,27,30). The average Bonchev–Trinajstić information content (AvgIpc) is 2.83. The number of rotatable bonds is 7. The van der Waals surface area contributed by atoms with Crippen LogP contribution in [0, 0.1) is 0 Å². The average molecular weight is 480 g/mol. The van der Waals surface area contributed by atoms with Crippen LogP contribution in [0.3, 0.4) is 0 Å². The first-order valence-electron chi connectivity index (χ1n) is 10.3. The minimum Gasteiger partial charge on any atom is -0.495 e. The number of nitrogens with one attached hydrogen (secondary N) is 1. The van der Waals surface area contributed by atoms with E-state index < -0.39 is 0 Å². The lowest BCUT2D eigenvalue weighted by molar-refractivity contribution is -0.119. The number of nitrogens with zero attached hydrogens (tertiary/aromatic N) is 2. The van der Waals surface area contributed by atoms with Crippen molar-refractivity contribution in [3.05, 3.63) is 93.7 Å². The normalized spacial score (nSPS) is 11.8. The van der Waals surface area contributed by atoms with Crippen LogP contribution in [0.5, 0.6) is 5.75 Å². The molecule has 4 aromatic rings. The Hall–Kier alpha value is -3.29. The first-order valence-corrected chi connectivity index (χ1v) is 11.7. The number of halogens is 1. The molecule has 1 amide bonds. The molecule has 8 heteroatoms. The van der Waals surface area contributed by atoms with Gasteiger partial charge in [-0.15, -0.1) is 0 Å². The Balaban J connectivity index is 1.68. The second-order valence-electron chi connectivity index (χ2n) is 7.36. The molecule has 1 unspecified atom stereocenters. The topological polar surface area (TPSA) is 73.2 Å². The van der Waals surface area contributed by atoms with E-state index in [9.17, 15) is 9.59 Å². The maximum atomic E-state index is 13.4. The molecule has 0 bridgehead atoms. The molecule has 0 saturated carbocycles. The number of thioether (sulfide) groups is 1. The molecule has 0 aliphatic heterocycles. The maximum Gasteiger partial charge on any atom is 0.266 e. The van der Waals surface area contributed by atoms with E-state index >= 15 is 0 Å². The van der Waals surface area contributed by atoms with Crippen molar-refractivity contribution in [2.24, 2.45) is 0 Å². The van der Waals surface area contributed by atoms with E-state index in [1.165, 1.54) is 16.3 Å². The number of ether oxygens (including phenoxy) is 1. The van der Waals surface area contributed by atoms with Crippen LogP contribution in [0.4, 0.5) is 0 Å². The molecule has 1 aromatic heterocycles. The van der Waals surface area contributed by atoms with Gasteiger partial charge in [-0.1, -0.05) is 65.8 Å². The number of aromatic nitrogens is 2. The number of benzene rings is 3. The molecule has 6 nitrogen and oxygen atoms in total. The summed E-state index contributed by atoms with van der Waals surface area (Å²) in [5, 5.41) is 4.27. The fraction of sp³-hybridized carbons (Fsp3) is 0.160. The third-order valence-corrected chi connectivity index (χ3v) is 6.31. The van der Waals surface area contributed by atoms with Crippen molar-refractivity contribution in [3.8, 4) is 11.4 Å². The number of fused-ring (bicyclic) bond motifs is 1. The second-order valence-corrected chi connectivity index (χ2v) is 8.74. The molecule has 4 rings (SSSR count). The highest BCUT2D eigenvalue weighted by Crippen LogP contribution is 2.28. The van der Waals surface area contributed by atoms with Crippen LogP contribution in [0.2, 0.25) is 5.02 Å². The van der Waals surface area contributed by atoms with Gasteiger partial charge in [-0.3, -0.25) is 14.2 Å². The zero-order valence-electron chi connectivity index (χ0n) is 18.1. The molecule has 0 spiro atoms. The fourth-order valence-corrected chi connectivity index (χ4v) is 4.48. The third kappa shape index (κ3) is 5.05. The third-order valence-electron chi connectivity index (χ3n) is 5.14. The molecule has 0 radical (unpaired) electrons. The predicted octanol–water partition coefficient (Wildman–Crippen LogP) is 5.02. The second kappa shape index (κ2) is 10.1. The van der Waals surface area contributed by atoms with Gasteiger partial charge >= 0.3 is 0 Å². The van der Waals surface area contributed by atoms with E-state index in [4.69, 9.17) is 16.3 Å². The zero-order valence-corrected chi connectivity index (χ0v) is 19.7. The van der Waals surface area contributed by atoms with Gasteiger partial charge in [0.25, 0.3) is 5.56 Å². The fourth-order valence-electron chi connectivity index (χ4n) is 3.50. The lowest BCUT2D eigenvalue weighted by Crippen LogP contribution is -2.29. The van der Waals surface area contributed by atoms with E-state index in [0.717, 1.165) is 5.56 Å². The number of amides is 1. The van der Waals surface area contributed by atoms with Crippen molar-refractivity contribution >= 4 is 40.2 Å². The van der Waals surface area contributed by atoms with Gasteiger partial charge in [0.15, 0.2) is 5.16 Å². The molecule has 1 atom stereocenters. The monoisotopic (exact) mass is 479 g/mol. The van der Waals surface area contributed by atoms with Crippen molar-refractivity contribution < 1.29 is 9.53 Å². The van der Waals surface area contributed by atoms with Crippen molar-refractivity contribution in [2.75, 3.05) is 12.9 Å². The Morgan fingerprint density at radius 1 is 1.12 bits per heavy atom. The SMILES string of the molecule is COc1ccccc1-n1c(SCC(=O)NC(C)c2ccccc2)nc2cc(Cl)ccc2c1=O. The highest BCUT2D eigenvalue weighted by molar-refractivity contribution is 7.99. The Bertz CT molecular complexity index is 1360. The molecular formula is C25H22ClN3O3S. The van der Waals surface area contributed by atoms with Crippen LogP contribution < -0.4 is 15.6 Å². The number of methoxy groups -OCH3 is 1. The quantitative estimate of drug-likeness (QED) is 0.298. The van der Waals surface area contributed by atoms with Crippen LogP contribution in [0.15, 0.2) is 82.7 Å². The van der Waals surface area contributed by atoms with Gasteiger partial charge in [0.2, 0.25) is 5.91 Å². The molecule has 1 N–H and O–H groups in total. The number of carbonyl (C=O) groups excluding carboxylic acids is 1. The van der Waals surface area contributed by atoms with Gasteiger partial charge in [-0.05, 0) is 42.8 Å². The first-order chi connectivity index (χ1) is 16.0. The Kier molecular flexibility index (Phi) is 7.01. The summed E-state index contributed by atoms with van der Waals surface area (Å²) < 4.78 is 6.95. The molecule has 168 valence electrons. The van der Waals surface area contributed by atoms with Crippen molar-refractivity contribution in [1.29, 1.82) is 0 Å². The lowest BCUT2D eigenvalue weighted by Gasteiger charge is -2.17. The van der Waals surface area contributed by atoms with Crippen molar-refractivity contribution in [3.63, 3.8) is 0 Å². The van der Waals surface area contributed by atoms with Crippen LogP contribution >= 0.6 is 23.4 Å². The predicted molar refractivity (Wildman–Crippen MR) is 133 cm³/mol. The van der Waals surface area contributed by atoms with E-state index in [1.54, 1.807) is 37.4 Å². The zero-order chi connectivity index (χ0) is 23.4. The van der Waals surface area contributed by atoms with Crippen LogP contribution in [-0.4, -0.2) is 28.3 Å². The summed E-state index contributed by atoms with van der Waals surface area (Å²) in [6.45, 7) is 1.93. The molecule has 0 aliphatic carbocycles. The summed E-state index contributed by atoms with van der Waals surface area (Å²) >= 11 is 7.31. The Labute approximate surface area is 200 Å². The van der Waals surface area contributed by atoms with Crippen molar-refractivity contribution in [1.82, 2.24) is 14.9 Å². The summed E-state index contributed by atoms with van der Waals surface area (Å²) in [4.78, 5) is 30.8. The van der Waals surface area contributed by atoms with Gasteiger partial charge in [-0.2, -0.15) is 0 Å². The van der Waals surface area contributed by atoms with Gasteiger partial charge in [0, 0.05) is 5.02 Å². The van der Waals surface area contributed by atoms with Crippen LogP contribution in [0.25, 0.3) is 16.6 Å². The summed E-state index contributed by atoms with van der Waals surface area (Å²) in [7, 11) is 1.54. The smallest absolute Gasteiger partial charge is 0.266 e. The number of carbonyl (C=O) groups is 1.